The number of nitrogens with one attached hydrogen (secondary N) is 1. The zero-order chi connectivity index (χ0) is 18.9. The van der Waals surface area contributed by atoms with Crippen molar-refractivity contribution in [3.8, 4) is 0 Å². The maximum atomic E-state index is 12.4. The number of hydrogen-bond donors (Lipinski definition) is 1. The molecule has 1 atom stereocenters. The highest BCUT2D eigenvalue weighted by atomic mass is 16.5. The van der Waals surface area contributed by atoms with Crippen LogP contribution in [0.5, 0.6) is 0 Å². The summed E-state index contributed by atoms with van der Waals surface area (Å²) in [5, 5.41) is 2.86. The van der Waals surface area contributed by atoms with Crippen LogP contribution in [0.15, 0.2) is 60.7 Å². The highest BCUT2D eigenvalue weighted by Crippen LogP contribution is 2.18. The van der Waals surface area contributed by atoms with Gasteiger partial charge in [-0.05, 0) is 17.7 Å². The van der Waals surface area contributed by atoms with Crippen molar-refractivity contribution in [3.05, 3.63) is 71.8 Å². The maximum absolute atomic E-state index is 12.4. The molecule has 136 valence electrons. The van der Waals surface area contributed by atoms with Gasteiger partial charge in [0, 0.05) is 19.7 Å². The van der Waals surface area contributed by atoms with E-state index >= 15 is 0 Å². The number of carbonyl (C=O) groups is 3. The molecule has 0 spiro atoms. The zero-order valence-electron chi connectivity index (χ0n) is 14.8. The standard InChI is InChI=1S/C20H22N2O4/c1-22(2)18(23)14-26-19(24)13-17(15-9-5-3-6-10-15)21-20(25)16-11-7-4-8-12-16/h3-12,17H,13-14H2,1-2H3,(H,21,25)/t17-/m0/s1. The van der Waals surface area contributed by atoms with Crippen molar-refractivity contribution < 1.29 is 19.1 Å². The highest BCUT2D eigenvalue weighted by Gasteiger charge is 2.20. The number of amides is 2. The van der Waals surface area contributed by atoms with Crippen molar-refractivity contribution in [2.75, 3.05) is 20.7 Å². The maximum Gasteiger partial charge on any atom is 0.308 e. The number of hydrogen-bond acceptors (Lipinski definition) is 4. The fourth-order valence-corrected chi connectivity index (χ4v) is 2.27. The van der Waals surface area contributed by atoms with E-state index in [0.29, 0.717) is 5.56 Å². The van der Waals surface area contributed by atoms with Crippen LogP contribution in [-0.2, 0) is 14.3 Å². The van der Waals surface area contributed by atoms with Gasteiger partial charge in [-0.15, -0.1) is 0 Å². The van der Waals surface area contributed by atoms with Gasteiger partial charge < -0.3 is 15.0 Å². The van der Waals surface area contributed by atoms with E-state index < -0.39 is 12.0 Å². The monoisotopic (exact) mass is 354 g/mol. The van der Waals surface area contributed by atoms with E-state index in [1.165, 1.54) is 4.90 Å². The molecule has 1 N–H and O–H groups in total. The molecule has 0 aliphatic carbocycles. The fourth-order valence-electron chi connectivity index (χ4n) is 2.27. The normalized spacial score (nSPS) is 11.3. The van der Waals surface area contributed by atoms with Gasteiger partial charge >= 0.3 is 5.97 Å². The van der Waals surface area contributed by atoms with Crippen LogP contribution >= 0.6 is 0 Å². The zero-order valence-corrected chi connectivity index (χ0v) is 14.8. The average molecular weight is 354 g/mol. The van der Waals surface area contributed by atoms with Crippen LogP contribution in [0.25, 0.3) is 0 Å². The minimum atomic E-state index is -0.553. The summed E-state index contributed by atoms with van der Waals surface area (Å²) < 4.78 is 5.02. The second-order valence-corrected chi connectivity index (χ2v) is 5.96. The average Bonchev–Trinajstić information content (AvgIpc) is 2.66. The molecule has 0 saturated carbocycles. The van der Waals surface area contributed by atoms with Crippen molar-refractivity contribution in [1.82, 2.24) is 10.2 Å². The lowest BCUT2D eigenvalue weighted by Gasteiger charge is -2.19. The number of benzene rings is 2. The Labute approximate surface area is 152 Å². The van der Waals surface area contributed by atoms with E-state index in [-0.39, 0.29) is 24.8 Å². The summed E-state index contributed by atoms with van der Waals surface area (Å²) in [7, 11) is 3.17. The van der Waals surface area contributed by atoms with Crippen LogP contribution in [0.4, 0.5) is 0 Å². The molecule has 0 fully saturated rings. The van der Waals surface area contributed by atoms with E-state index in [1.54, 1.807) is 38.4 Å². The molecule has 0 aromatic heterocycles. The van der Waals surface area contributed by atoms with Gasteiger partial charge in [-0.25, -0.2) is 0 Å². The summed E-state index contributed by atoms with van der Waals surface area (Å²) in [6.45, 7) is -0.319. The number of rotatable bonds is 7. The number of likely N-dealkylation sites (N-methyl/N-ethyl adjacent to an activating group) is 1. The molecule has 2 aromatic carbocycles. The van der Waals surface area contributed by atoms with E-state index in [4.69, 9.17) is 4.74 Å². The van der Waals surface area contributed by atoms with Crippen molar-refractivity contribution in [2.45, 2.75) is 12.5 Å². The smallest absolute Gasteiger partial charge is 0.308 e. The predicted molar refractivity (Wildman–Crippen MR) is 97.4 cm³/mol. The molecule has 6 nitrogen and oxygen atoms in total. The Morgan fingerprint density at radius 2 is 1.54 bits per heavy atom. The first-order valence-corrected chi connectivity index (χ1v) is 8.24. The van der Waals surface area contributed by atoms with Gasteiger partial charge in [0.05, 0.1) is 12.5 Å². The molecule has 26 heavy (non-hydrogen) atoms. The summed E-state index contributed by atoms with van der Waals surface area (Å²) in [4.78, 5) is 37.5. The minimum absolute atomic E-state index is 0.0662. The molecule has 2 amide bonds. The first-order chi connectivity index (χ1) is 12.5. The number of esters is 1. The van der Waals surface area contributed by atoms with Crippen LogP contribution in [0.3, 0.4) is 0 Å². The molecule has 0 heterocycles. The Hall–Kier alpha value is -3.15. The Morgan fingerprint density at radius 1 is 0.962 bits per heavy atom. The van der Waals surface area contributed by atoms with E-state index in [9.17, 15) is 14.4 Å². The second kappa shape index (κ2) is 9.36. The molecule has 0 bridgehead atoms. The molecule has 2 rings (SSSR count). The summed E-state index contributed by atoms with van der Waals surface area (Å²) in [6.07, 6.45) is -0.0662. The van der Waals surface area contributed by atoms with Gasteiger partial charge in [0.1, 0.15) is 0 Å². The third-order valence-electron chi connectivity index (χ3n) is 3.77. The summed E-state index contributed by atoms with van der Waals surface area (Å²) >= 11 is 0. The lowest BCUT2D eigenvalue weighted by molar-refractivity contribution is -0.151. The third kappa shape index (κ3) is 5.73. The van der Waals surface area contributed by atoms with Gasteiger partial charge in [-0.3, -0.25) is 14.4 Å². The topological polar surface area (TPSA) is 75.7 Å². The van der Waals surface area contributed by atoms with E-state index in [1.807, 2.05) is 36.4 Å². The SMILES string of the molecule is CN(C)C(=O)COC(=O)C[C@H](NC(=O)c1ccccc1)c1ccccc1. The first-order valence-electron chi connectivity index (χ1n) is 8.24. The highest BCUT2D eigenvalue weighted by molar-refractivity contribution is 5.94. The van der Waals surface area contributed by atoms with Crippen molar-refractivity contribution in [1.29, 1.82) is 0 Å². The molecule has 2 aromatic rings. The summed E-state index contributed by atoms with van der Waals surface area (Å²) in [5.41, 5.74) is 1.29. The number of carbonyl (C=O) groups excluding carboxylic acids is 3. The van der Waals surface area contributed by atoms with Gasteiger partial charge in [0.15, 0.2) is 6.61 Å². The molecule has 0 radical (unpaired) electrons. The van der Waals surface area contributed by atoms with Gasteiger partial charge in [0.2, 0.25) is 0 Å². The Morgan fingerprint density at radius 3 is 2.12 bits per heavy atom. The lowest BCUT2D eigenvalue weighted by Crippen LogP contribution is -2.32. The van der Waals surface area contributed by atoms with Crippen molar-refractivity contribution in [2.24, 2.45) is 0 Å². The van der Waals surface area contributed by atoms with Crippen molar-refractivity contribution >= 4 is 17.8 Å². The Balaban J connectivity index is 2.06. The van der Waals surface area contributed by atoms with E-state index in [0.717, 1.165) is 5.56 Å². The van der Waals surface area contributed by atoms with Crippen molar-refractivity contribution in [3.63, 3.8) is 0 Å². The van der Waals surface area contributed by atoms with Gasteiger partial charge in [-0.1, -0.05) is 48.5 Å². The van der Waals surface area contributed by atoms with Crippen LogP contribution in [0, 0.1) is 0 Å². The minimum Gasteiger partial charge on any atom is -0.455 e. The quantitative estimate of drug-likeness (QED) is 0.773. The number of ether oxygens (including phenoxy) is 1. The molecule has 0 aliphatic rings. The molecular formula is C20H22N2O4. The molecule has 0 unspecified atom stereocenters. The Bertz CT molecular complexity index is 745. The fraction of sp³-hybridized carbons (Fsp3) is 0.250. The van der Waals surface area contributed by atoms with Crippen LogP contribution in [0.1, 0.15) is 28.4 Å². The van der Waals surface area contributed by atoms with E-state index in [2.05, 4.69) is 5.32 Å². The second-order valence-electron chi connectivity index (χ2n) is 5.96. The molecular weight excluding hydrogens is 332 g/mol. The van der Waals surface area contributed by atoms with Crippen LogP contribution in [-0.4, -0.2) is 43.4 Å². The molecule has 0 saturated heterocycles. The molecule has 0 aliphatic heterocycles. The number of nitrogens with zero attached hydrogens (tertiary/aromatic N) is 1. The Kier molecular flexibility index (Phi) is 6.91. The first kappa shape index (κ1) is 19.2. The van der Waals surface area contributed by atoms with Gasteiger partial charge in [0.25, 0.3) is 11.8 Å². The third-order valence-corrected chi connectivity index (χ3v) is 3.77. The predicted octanol–water partition coefficient (Wildman–Crippen LogP) is 2.18. The lowest BCUT2D eigenvalue weighted by atomic mass is 10.0. The molecule has 6 heteroatoms. The summed E-state index contributed by atoms with van der Waals surface area (Å²) in [5.74, 6) is -1.14. The summed E-state index contributed by atoms with van der Waals surface area (Å²) in [6, 6.07) is 17.4. The van der Waals surface area contributed by atoms with Gasteiger partial charge in [-0.2, -0.15) is 0 Å². The van der Waals surface area contributed by atoms with Crippen LogP contribution in [0.2, 0.25) is 0 Å². The van der Waals surface area contributed by atoms with Crippen LogP contribution < -0.4 is 5.32 Å². The largest absolute Gasteiger partial charge is 0.455 e.